The molecule has 5 heteroatoms. The topological polar surface area (TPSA) is 60.2 Å². The number of dihydropyridines is 1. The molecule has 4 nitrogen and oxygen atoms in total. The predicted octanol–water partition coefficient (Wildman–Crippen LogP) is 3.64. The third-order valence-electron chi connectivity index (χ3n) is 3.87. The molecular formula is C18H26ClN3O. The van der Waals surface area contributed by atoms with Crippen molar-refractivity contribution in [3.05, 3.63) is 53.2 Å². The Labute approximate surface area is 143 Å². The van der Waals surface area contributed by atoms with Crippen LogP contribution in [0.15, 0.2) is 47.6 Å². The largest absolute Gasteiger partial charge is 0.489 e. The van der Waals surface area contributed by atoms with Crippen LogP contribution >= 0.6 is 11.6 Å². The summed E-state index contributed by atoms with van der Waals surface area (Å²) in [6, 6.07) is 3.93. The van der Waals surface area contributed by atoms with Crippen molar-refractivity contribution in [2.45, 2.75) is 45.2 Å². The Morgan fingerprint density at radius 3 is 2.61 bits per heavy atom. The second kappa shape index (κ2) is 6.93. The van der Waals surface area contributed by atoms with Gasteiger partial charge in [-0.25, -0.2) is 0 Å². The quantitative estimate of drug-likeness (QED) is 0.779. The summed E-state index contributed by atoms with van der Waals surface area (Å²) in [5, 5.41) is 3.79. The Morgan fingerprint density at radius 1 is 1.39 bits per heavy atom. The summed E-state index contributed by atoms with van der Waals surface area (Å²) >= 11 is 6.39. The fourth-order valence-electron chi connectivity index (χ4n) is 2.86. The molecule has 0 saturated heterocycles. The molecule has 1 aromatic heterocycles. The molecule has 0 spiro atoms. The van der Waals surface area contributed by atoms with Crippen LogP contribution in [0, 0.1) is 5.92 Å². The number of hydrogen-bond acceptors (Lipinski definition) is 4. The van der Waals surface area contributed by atoms with Crippen molar-refractivity contribution < 1.29 is 4.74 Å². The van der Waals surface area contributed by atoms with Crippen LogP contribution in [0.4, 0.5) is 0 Å². The van der Waals surface area contributed by atoms with Crippen LogP contribution in [-0.4, -0.2) is 17.1 Å². The monoisotopic (exact) mass is 335 g/mol. The summed E-state index contributed by atoms with van der Waals surface area (Å²) in [5.41, 5.74) is 6.61. The molecule has 0 fully saturated rings. The van der Waals surface area contributed by atoms with Gasteiger partial charge in [-0.3, -0.25) is 4.98 Å². The third-order valence-corrected chi connectivity index (χ3v) is 4.15. The van der Waals surface area contributed by atoms with E-state index in [-0.39, 0.29) is 11.1 Å². The molecule has 3 N–H and O–H groups in total. The first-order chi connectivity index (χ1) is 10.7. The summed E-state index contributed by atoms with van der Waals surface area (Å²) in [6.45, 7) is 8.79. The molecule has 0 amide bonds. The van der Waals surface area contributed by atoms with Crippen molar-refractivity contribution in [3.8, 4) is 0 Å². The van der Waals surface area contributed by atoms with E-state index in [4.69, 9.17) is 22.1 Å². The average molecular weight is 336 g/mol. The highest BCUT2D eigenvalue weighted by atomic mass is 35.5. The minimum Gasteiger partial charge on any atom is -0.489 e. The Hall–Kier alpha value is -1.52. The van der Waals surface area contributed by atoms with Gasteiger partial charge in [-0.15, -0.1) is 0 Å². The number of nitrogens with one attached hydrogen (secondary N) is 1. The van der Waals surface area contributed by atoms with Crippen LogP contribution in [0.2, 0.25) is 0 Å². The molecule has 1 aliphatic heterocycles. The van der Waals surface area contributed by atoms with E-state index in [0.717, 1.165) is 12.0 Å². The highest BCUT2D eigenvalue weighted by Crippen LogP contribution is 2.30. The normalized spacial score (nSPS) is 23.6. The SMILES string of the molecule is CC(C)C[C@](C)(N)COC1=C(Cl)NC(C)(c2ccncc2)C=C1. The Kier molecular flexibility index (Phi) is 5.37. The Morgan fingerprint density at radius 2 is 2.04 bits per heavy atom. The molecule has 2 atom stereocenters. The van der Waals surface area contributed by atoms with E-state index in [1.54, 1.807) is 12.4 Å². The first-order valence-electron chi connectivity index (χ1n) is 7.91. The third kappa shape index (κ3) is 4.72. The maximum absolute atomic E-state index is 6.39. The molecule has 1 aromatic rings. The molecule has 1 aliphatic rings. The van der Waals surface area contributed by atoms with Gasteiger partial charge in [-0.2, -0.15) is 0 Å². The average Bonchev–Trinajstić information content (AvgIpc) is 2.46. The van der Waals surface area contributed by atoms with E-state index in [0.29, 0.717) is 23.4 Å². The highest BCUT2D eigenvalue weighted by molar-refractivity contribution is 6.29. The van der Waals surface area contributed by atoms with Gasteiger partial charge in [-0.05, 0) is 50.0 Å². The fraction of sp³-hybridized carbons (Fsp3) is 0.500. The van der Waals surface area contributed by atoms with Gasteiger partial charge in [0.05, 0.1) is 5.54 Å². The lowest BCUT2D eigenvalue weighted by atomic mass is 9.91. The smallest absolute Gasteiger partial charge is 0.154 e. The minimum absolute atomic E-state index is 0.377. The lowest BCUT2D eigenvalue weighted by Gasteiger charge is -2.33. The van der Waals surface area contributed by atoms with E-state index in [9.17, 15) is 0 Å². The van der Waals surface area contributed by atoms with Crippen LogP contribution in [0.1, 0.15) is 39.7 Å². The van der Waals surface area contributed by atoms with Gasteiger partial charge in [-0.1, -0.05) is 31.5 Å². The highest BCUT2D eigenvalue weighted by Gasteiger charge is 2.29. The molecule has 2 rings (SSSR count). The summed E-state index contributed by atoms with van der Waals surface area (Å²) in [7, 11) is 0. The zero-order valence-corrected chi connectivity index (χ0v) is 15.0. The van der Waals surface area contributed by atoms with Crippen LogP contribution in [-0.2, 0) is 10.3 Å². The van der Waals surface area contributed by atoms with E-state index >= 15 is 0 Å². The second-order valence-corrected chi connectivity index (χ2v) is 7.49. The number of nitrogens with zero attached hydrogens (tertiary/aromatic N) is 1. The van der Waals surface area contributed by atoms with E-state index in [1.165, 1.54) is 0 Å². The van der Waals surface area contributed by atoms with Crippen LogP contribution in [0.3, 0.4) is 0 Å². The van der Waals surface area contributed by atoms with Gasteiger partial charge >= 0.3 is 0 Å². The van der Waals surface area contributed by atoms with Crippen molar-refractivity contribution in [1.82, 2.24) is 10.3 Å². The molecule has 1 unspecified atom stereocenters. The molecule has 0 saturated carbocycles. The van der Waals surface area contributed by atoms with Crippen molar-refractivity contribution in [3.63, 3.8) is 0 Å². The van der Waals surface area contributed by atoms with Crippen LogP contribution in [0.25, 0.3) is 0 Å². The summed E-state index contributed by atoms with van der Waals surface area (Å²) in [4.78, 5) is 4.05. The summed E-state index contributed by atoms with van der Waals surface area (Å²) < 4.78 is 5.85. The number of nitrogens with two attached hydrogens (primary N) is 1. The summed E-state index contributed by atoms with van der Waals surface area (Å²) in [6.07, 6.45) is 8.38. The standard InChI is InChI=1S/C18H26ClN3O/c1-13(2)11-17(3,20)12-23-15-5-8-18(4,22-16(15)19)14-6-9-21-10-7-14/h5-10,13,22H,11-12,20H2,1-4H3/t17-,18?/m0/s1. The number of halogens is 1. The Balaban J connectivity index is 2.04. The molecule has 0 radical (unpaired) electrons. The van der Waals surface area contributed by atoms with Crippen molar-refractivity contribution in [1.29, 1.82) is 0 Å². The van der Waals surface area contributed by atoms with Crippen LogP contribution < -0.4 is 11.1 Å². The minimum atomic E-state index is -0.378. The van der Waals surface area contributed by atoms with Crippen molar-refractivity contribution >= 4 is 11.6 Å². The number of aromatic nitrogens is 1. The molecule has 2 heterocycles. The molecular weight excluding hydrogens is 310 g/mol. The first kappa shape index (κ1) is 17.8. The van der Waals surface area contributed by atoms with Crippen molar-refractivity contribution in [2.24, 2.45) is 11.7 Å². The lowest BCUT2D eigenvalue weighted by molar-refractivity contribution is 0.143. The maximum atomic E-state index is 6.39. The lowest BCUT2D eigenvalue weighted by Crippen LogP contribution is -2.43. The van der Waals surface area contributed by atoms with Gasteiger partial charge in [0.2, 0.25) is 0 Å². The fourth-order valence-corrected chi connectivity index (χ4v) is 3.17. The number of ether oxygens (including phenoxy) is 1. The molecule has 0 aliphatic carbocycles. The zero-order chi connectivity index (χ0) is 17.1. The van der Waals surface area contributed by atoms with Gasteiger partial charge in [0, 0.05) is 17.9 Å². The van der Waals surface area contributed by atoms with Crippen LogP contribution in [0.5, 0.6) is 0 Å². The number of hydrogen-bond donors (Lipinski definition) is 2. The first-order valence-corrected chi connectivity index (χ1v) is 8.29. The molecule has 0 aromatic carbocycles. The van der Waals surface area contributed by atoms with Gasteiger partial charge in [0.25, 0.3) is 0 Å². The molecule has 126 valence electrons. The number of rotatable bonds is 6. The van der Waals surface area contributed by atoms with E-state index in [2.05, 4.69) is 31.1 Å². The molecule has 0 bridgehead atoms. The molecule has 23 heavy (non-hydrogen) atoms. The van der Waals surface area contributed by atoms with E-state index in [1.807, 2.05) is 31.2 Å². The number of allylic oxidation sites excluding steroid dienone is 1. The zero-order valence-electron chi connectivity index (χ0n) is 14.3. The van der Waals surface area contributed by atoms with Crippen molar-refractivity contribution in [2.75, 3.05) is 6.61 Å². The summed E-state index contributed by atoms with van der Waals surface area (Å²) in [5.74, 6) is 1.15. The van der Waals surface area contributed by atoms with Gasteiger partial charge < -0.3 is 15.8 Å². The van der Waals surface area contributed by atoms with Gasteiger partial charge in [0.1, 0.15) is 11.8 Å². The predicted molar refractivity (Wildman–Crippen MR) is 94.7 cm³/mol. The van der Waals surface area contributed by atoms with Gasteiger partial charge in [0.15, 0.2) is 5.76 Å². The van der Waals surface area contributed by atoms with E-state index < -0.39 is 0 Å². The Bertz CT molecular complexity index is 596. The number of pyridine rings is 1. The second-order valence-electron chi connectivity index (χ2n) is 7.12. The maximum Gasteiger partial charge on any atom is 0.154 e.